The lowest BCUT2D eigenvalue weighted by Gasteiger charge is -2.13. The number of amides is 1. The van der Waals surface area contributed by atoms with Crippen LogP contribution in [0.25, 0.3) is 6.08 Å². The molecule has 0 aliphatic carbocycles. The van der Waals surface area contributed by atoms with Crippen LogP contribution in [0.1, 0.15) is 24.5 Å². The quantitative estimate of drug-likeness (QED) is 0.326. The number of carbonyl (C=O) groups excluding carboxylic acids is 1. The number of hydrogen-bond acceptors (Lipinski definition) is 7. The summed E-state index contributed by atoms with van der Waals surface area (Å²) in [5.74, 6) is 2.07. The number of nitriles is 1. The number of nitrogens with one attached hydrogen (secondary N) is 1. The summed E-state index contributed by atoms with van der Waals surface area (Å²) >= 11 is 0. The van der Waals surface area contributed by atoms with Gasteiger partial charge in [-0.05, 0) is 54.8 Å². The van der Waals surface area contributed by atoms with E-state index in [4.69, 9.17) is 23.7 Å². The van der Waals surface area contributed by atoms with Crippen LogP contribution in [0, 0.1) is 11.3 Å². The van der Waals surface area contributed by atoms with E-state index in [1.54, 1.807) is 25.3 Å². The highest BCUT2D eigenvalue weighted by molar-refractivity contribution is 6.01. The minimum atomic E-state index is -0.426. The molecule has 0 radical (unpaired) electrons. The number of carbonyl (C=O) groups is 1. The average Bonchev–Trinajstić information content (AvgIpc) is 3.27. The smallest absolute Gasteiger partial charge is 0.261 e. The number of benzene rings is 2. The van der Waals surface area contributed by atoms with E-state index in [-0.39, 0.29) is 12.4 Å². The highest BCUT2D eigenvalue weighted by Gasteiger charge is 2.14. The van der Waals surface area contributed by atoms with Crippen molar-refractivity contribution in [2.45, 2.75) is 20.0 Å². The van der Waals surface area contributed by atoms with E-state index in [9.17, 15) is 10.1 Å². The zero-order valence-corrected chi connectivity index (χ0v) is 18.2. The molecule has 0 saturated carbocycles. The summed E-state index contributed by atoms with van der Waals surface area (Å²) in [4.78, 5) is 12.2. The Morgan fingerprint density at radius 2 is 2.00 bits per heavy atom. The fourth-order valence-corrected chi connectivity index (χ4v) is 3.02. The molecule has 2 aromatic carbocycles. The van der Waals surface area contributed by atoms with Crippen LogP contribution in [-0.4, -0.2) is 39.6 Å². The summed E-state index contributed by atoms with van der Waals surface area (Å²) in [5.41, 5.74) is 1.60. The van der Waals surface area contributed by atoms with E-state index < -0.39 is 5.91 Å². The molecular formula is C24H26N2O6. The maximum Gasteiger partial charge on any atom is 0.261 e. The van der Waals surface area contributed by atoms with Crippen LogP contribution in [0.15, 0.2) is 42.0 Å². The SMILES string of the molecule is CCOc1cc(C=C(C#N)C(=O)NCCCOC)ccc1OCc1ccc2c(c1)OCO2. The molecule has 3 rings (SSSR count). The van der Waals surface area contributed by atoms with Gasteiger partial charge in [0.25, 0.3) is 5.91 Å². The van der Waals surface area contributed by atoms with Crippen molar-refractivity contribution in [1.82, 2.24) is 5.32 Å². The average molecular weight is 438 g/mol. The largest absolute Gasteiger partial charge is 0.490 e. The second-order valence-electron chi connectivity index (χ2n) is 6.89. The van der Waals surface area contributed by atoms with Crippen LogP contribution in [0.4, 0.5) is 0 Å². The van der Waals surface area contributed by atoms with Gasteiger partial charge in [0.15, 0.2) is 23.0 Å². The monoisotopic (exact) mass is 438 g/mol. The van der Waals surface area contributed by atoms with Gasteiger partial charge in [-0.1, -0.05) is 12.1 Å². The van der Waals surface area contributed by atoms with Gasteiger partial charge in [0.2, 0.25) is 6.79 Å². The Morgan fingerprint density at radius 3 is 2.78 bits per heavy atom. The van der Waals surface area contributed by atoms with E-state index in [1.165, 1.54) is 6.08 Å². The van der Waals surface area contributed by atoms with E-state index in [0.29, 0.717) is 55.6 Å². The Balaban J connectivity index is 1.69. The van der Waals surface area contributed by atoms with Crippen molar-refractivity contribution in [2.75, 3.05) is 33.7 Å². The first-order chi connectivity index (χ1) is 15.6. The normalized spacial score (nSPS) is 12.2. The summed E-state index contributed by atoms with van der Waals surface area (Å²) in [5, 5.41) is 12.1. The van der Waals surface area contributed by atoms with Crippen molar-refractivity contribution < 1.29 is 28.5 Å². The number of methoxy groups -OCH3 is 1. The minimum Gasteiger partial charge on any atom is -0.490 e. The third kappa shape index (κ3) is 6.15. The second-order valence-corrected chi connectivity index (χ2v) is 6.89. The molecule has 0 saturated heterocycles. The van der Waals surface area contributed by atoms with Gasteiger partial charge in [0.05, 0.1) is 6.61 Å². The van der Waals surface area contributed by atoms with Gasteiger partial charge in [-0.3, -0.25) is 4.79 Å². The molecule has 0 aromatic heterocycles. The third-order valence-electron chi connectivity index (χ3n) is 4.59. The first-order valence-corrected chi connectivity index (χ1v) is 10.3. The lowest BCUT2D eigenvalue weighted by Crippen LogP contribution is -2.26. The third-order valence-corrected chi connectivity index (χ3v) is 4.59. The molecule has 1 heterocycles. The number of fused-ring (bicyclic) bond motifs is 1. The molecule has 1 amide bonds. The number of nitrogens with zero attached hydrogens (tertiary/aromatic N) is 1. The van der Waals surface area contributed by atoms with E-state index >= 15 is 0 Å². The summed E-state index contributed by atoms with van der Waals surface area (Å²) in [6.07, 6.45) is 2.20. The molecule has 0 unspecified atom stereocenters. The summed E-state index contributed by atoms with van der Waals surface area (Å²) in [7, 11) is 1.60. The van der Waals surface area contributed by atoms with Crippen LogP contribution in [0.2, 0.25) is 0 Å². The first kappa shape index (κ1) is 23.0. The van der Waals surface area contributed by atoms with Crippen LogP contribution < -0.4 is 24.3 Å². The van der Waals surface area contributed by atoms with Crippen LogP contribution >= 0.6 is 0 Å². The summed E-state index contributed by atoms with van der Waals surface area (Å²) < 4.78 is 27.3. The van der Waals surface area contributed by atoms with E-state index in [1.807, 2.05) is 31.2 Å². The number of hydrogen-bond donors (Lipinski definition) is 1. The molecule has 2 aromatic rings. The molecule has 1 aliphatic heterocycles. The lowest BCUT2D eigenvalue weighted by atomic mass is 10.1. The van der Waals surface area contributed by atoms with Crippen LogP contribution in [-0.2, 0) is 16.1 Å². The number of rotatable bonds is 11. The predicted molar refractivity (Wildman–Crippen MR) is 118 cm³/mol. The maximum absolute atomic E-state index is 12.2. The second kappa shape index (κ2) is 11.6. The topological polar surface area (TPSA) is 99.0 Å². The van der Waals surface area contributed by atoms with Gasteiger partial charge < -0.3 is 29.0 Å². The van der Waals surface area contributed by atoms with Crippen molar-refractivity contribution >= 4 is 12.0 Å². The van der Waals surface area contributed by atoms with Crippen LogP contribution in [0.5, 0.6) is 23.0 Å². The first-order valence-electron chi connectivity index (χ1n) is 10.3. The van der Waals surface area contributed by atoms with Crippen molar-refractivity contribution in [2.24, 2.45) is 0 Å². The Kier molecular flexibility index (Phi) is 8.35. The van der Waals surface area contributed by atoms with E-state index in [2.05, 4.69) is 5.32 Å². The van der Waals surface area contributed by atoms with Gasteiger partial charge in [-0.15, -0.1) is 0 Å². The van der Waals surface area contributed by atoms with Crippen molar-refractivity contribution in [3.8, 4) is 29.1 Å². The molecule has 168 valence electrons. The molecule has 8 heteroatoms. The molecule has 32 heavy (non-hydrogen) atoms. The molecule has 0 bridgehead atoms. The highest BCUT2D eigenvalue weighted by atomic mass is 16.7. The Bertz CT molecular complexity index is 1010. The van der Waals surface area contributed by atoms with Crippen LogP contribution in [0.3, 0.4) is 0 Å². The van der Waals surface area contributed by atoms with Crippen molar-refractivity contribution in [3.63, 3.8) is 0 Å². The summed E-state index contributed by atoms with van der Waals surface area (Å²) in [6, 6.07) is 12.9. The van der Waals surface area contributed by atoms with Gasteiger partial charge in [0, 0.05) is 20.3 Å². The Labute approximate surface area is 187 Å². The molecule has 1 N–H and O–H groups in total. The number of ether oxygens (including phenoxy) is 5. The molecule has 8 nitrogen and oxygen atoms in total. The lowest BCUT2D eigenvalue weighted by molar-refractivity contribution is -0.117. The van der Waals surface area contributed by atoms with Crippen molar-refractivity contribution in [1.29, 1.82) is 5.26 Å². The Morgan fingerprint density at radius 1 is 1.16 bits per heavy atom. The fraction of sp³-hybridized carbons (Fsp3) is 0.333. The molecular weight excluding hydrogens is 412 g/mol. The van der Waals surface area contributed by atoms with Gasteiger partial charge in [-0.2, -0.15) is 5.26 Å². The predicted octanol–water partition coefficient (Wildman–Crippen LogP) is 3.45. The minimum absolute atomic E-state index is 0.0129. The fourth-order valence-electron chi connectivity index (χ4n) is 3.02. The molecule has 0 atom stereocenters. The Hall–Kier alpha value is -3.70. The van der Waals surface area contributed by atoms with Crippen molar-refractivity contribution in [3.05, 3.63) is 53.1 Å². The standard InChI is InChI=1S/C24H26N2O6/c1-3-29-22-12-17(11-19(14-25)24(27)26-9-4-10-28-2)5-7-20(22)30-15-18-6-8-21-23(13-18)32-16-31-21/h5-8,11-13H,3-4,9-10,15-16H2,1-2H3,(H,26,27). The highest BCUT2D eigenvalue weighted by Crippen LogP contribution is 2.34. The summed E-state index contributed by atoms with van der Waals surface area (Å²) in [6.45, 7) is 3.83. The molecule has 0 spiro atoms. The maximum atomic E-state index is 12.2. The molecule has 1 aliphatic rings. The zero-order chi connectivity index (χ0) is 22.8. The van der Waals surface area contributed by atoms with Gasteiger partial charge >= 0.3 is 0 Å². The zero-order valence-electron chi connectivity index (χ0n) is 18.2. The van der Waals surface area contributed by atoms with E-state index in [0.717, 1.165) is 11.3 Å². The van der Waals surface area contributed by atoms with Gasteiger partial charge in [0.1, 0.15) is 18.2 Å². The van der Waals surface area contributed by atoms with Gasteiger partial charge in [-0.25, -0.2) is 0 Å². The molecule has 0 fully saturated rings.